The molecular weight excluding hydrogens is 256 g/mol. The lowest BCUT2D eigenvalue weighted by atomic mass is 9.97. The fraction of sp³-hybridized carbons (Fsp3) is 0.643. The summed E-state index contributed by atoms with van der Waals surface area (Å²) < 4.78 is 0. The molecule has 1 unspecified atom stereocenters. The minimum atomic E-state index is -0.349. The van der Waals surface area contributed by atoms with E-state index in [1.54, 1.807) is 12.3 Å². The lowest BCUT2D eigenvalue weighted by Gasteiger charge is -2.33. The van der Waals surface area contributed by atoms with Crippen LogP contribution in [0.25, 0.3) is 0 Å². The van der Waals surface area contributed by atoms with Gasteiger partial charge in [-0.1, -0.05) is 13.8 Å². The zero-order chi connectivity index (χ0) is 14.5. The predicted octanol–water partition coefficient (Wildman–Crippen LogP) is 2.20. The van der Waals surface area contributed by atoms with Crippen LogP contribution in [-0.2, 0) is 0 Å². The van der Waals surface area contributed by atoms with Gasteiger partial charge >= 0.3 is 5.69 Å². The van der Waals surface area contributed by atoms with E-state index in [-0.39, 0.29) is 10.6 Å². The van der Waals surface area contributed by atoms with Crippen molar-refractivity contribution >= 4 is 11.5 Å². The molecule has 1 aliphatic heterocycles. The van der Waals surface area contributed by atoms with E-state index in [1.807, 2.05) is 4.90 Å². The summed E-state index contributed by atoms with van der Waals surface area (Å²) >= 11 is 0. The molecule has 2 heterocycles. The number of nitrogens with one attached hydrogen (secondary N) is 1. The summed E-state index contributed by atoms with van der Waals surface area (Å²) in [5.74, 6) is 1.03. The number of nitro groups is 1. The standard InChI is InChI=1S/C14H22N4O2/c1-11(2)16-9-12-5-4-8-17(10-12)14-13(18(19)20)6-3-7-15-14/h3,6-7,11-12,16H,4-5,8-10H2,1-2H3. The van der Waals surface area contributed by atoms with Gasteiger partial charge in [0, 0.05) is 31.4 Å². The van der Waals surface area contributed by atoms with E-state index in [2.05, 4.69) is 24.1 Å². The van der Waals surface area contributed by atoms with Gasteiger partial charge in [-0.15, -0.1) is 0 Å². The van der Waals surface area contributed by atoms with Crippen molar-refractivity contribution in [2.24, 2.45) is 5.92 Å². The van der Waals surface area contributed by atoms with Crippen molar-refractivity contribution in [1.82, 2.24) is 10.3 Å². The number of piperidine rings is 1. The summed E-state index contributed by atoms with van der Waals surface area (Å²) in [7, 11) is 0. The molecule has 0 bridgehead atoms. The van der Waals surface area contributed by atoms with Crippen LogP contribution in [0, 0.1) is 16.0 Å². The van der Waals surface area contributed by atoms with E-state index < -0.39 is 0 Å². The van der Waals surface area contributed by atoms with E-state index >= 15 is 0 Å². The van der Waals surface area contributed by atoms with Gasteiger partial charge in [-0.3, -0.25) is 10.1 Å². The van der Waals surface area contributed by atoms with E-state index in [9.17, 15) is 10.1 Å². The third kappa shape index (κ3) is 3.66. The van der Waals surface area contributed by atoms with Crippen molar-refractivity contribution in [3.8, 4) is 0 Å². The second-order valence-electron chi connectivity index (χ2n) is 5.62. The number of rotatable bonds is 5. The quantitative estimate of drug-likeness (QED) is 0.660. The van der Waals surface area contributed by atoms with Crippen molar-refractivity contribution in [2.75, 3.05) is 24.5 Å². The minimum Gasteiger partial charge on any atom is -0.351 e. The van der Waals surface area contributed by atoms with Gasteiger partial charge in [-0.2, -0.15) is 0 Å². The number of anilines is 1. The van der Waals surface area contributed by atoms with Crippen LogP contribution in [-0.4, -0.2) is 35.6 Å². The van der Waals surface area contributed by atoms with E-state index in [4.69, 9.17) is 0 Å². The van der Waals surface area contributed by atoms with E-state index in [1.165, 1.54) is 6.07 Å². The van der Waals surface area contributed by atoms with Crippen molar-refractivity contribution in [3.05, 3.63) is 28.4 Å². The first kappa shape index (κ1) is 14.7. The first-order chi connectivity index (χ1) is 9.58. The second-order valence-corrected chi connectivity index (χ2v) is 5.62. The Hall–Kier alpha value is -1.69. The van der Waals surface area contributed by atoms with Crippen molar-refractivity contribution in [2.45, 2.75) is 32.7 Å². The molecule has 1 aromatic heterocycles. The molecule has 1 saturated heterocycles. The van der Waals surface area contributed by atoms with Crippen LogP contribution >= 0.6 is 0 Å². The van der Waals surface area contributed by atoms with Gasteiger partial charge < -0.3 is 10.2 Å². The third-order valence-corrected chi connectivity index (χ3v) is 3.60. The molecule has 6 heteroatoms. The highest BCUT2D eigenvalue weighted by Crippen LogP contribution is 2.28. The fourth-order valence-electron chi connectivity index (χ4n) is 2.60. The van der Waals surface area contributed by atoms with Crippen molar-refractivity contribution in [3.63, 3.8) is 0 Å². The summed E-state index contributed by atoms with van der Waals surface area (Å²) in [6.45, 7) is 6.89. The molecule has 1 N–H and O–H groups in total. The first-order valence-electron chi connectivity index (χ1n) is 7.15. The molecule has 0 aromatic carbocycles. The molecular formula is C14H22N4O2. The van der Waals surface area contributed by atoms with E-state index in [0.717, 1.165) is 32.5 Å². The summed E-state index contributed by atoms with van der Waals surface area (Å²) in [5.41, 5.74) is 0.102. The first-order valence-corrected chi connectivity index (χ1v) is 7.15. The molecule has 2 rings (SSSR count). The number of pyridine rings is 1. The Kier molecular flexibility index (Phi) is 4.89. The minimum absolute atomic E-state index is 0.102. The summed E-state index contributed by atoms with van der Waals surface area (Å²) in [6.07, 6.45) is 3.84. The van der Waals surface area contributed by atoms with Gasteiger partial charge in [-0.05, 0) is 31.4 Å². The van der Waals surface area contributed by atoms with Crippen LogP contribution < -0.4 is 10.2 Å². The lowest BCUT2D eigenvalue weighted by Crippen LogP contribution is -2.41. The molecule has 0 radical (unpaired) electrons. The second kappa shape index (κ2) is 6.65. The normalized spacial score (nSPS) is 19.4. The predicted molar refractivity (Wildman–Crippen MR) is 79.0 cm³/mol. The fourth-order valence-corrected chi connectivity index (χ4v) is 2.60. The maximum atomic E-state index is 11.1. The van der Waals surface area contributed by atoms with Gasteiger partial charge in [0.2, 0.25) is 5.82 Å². The molecule has 1 fully saturated rings. The van der Waals surface area contributed by atoms with Crippen LogP contribution in [0.15, 0.2) is 18.3 Å². The highest BCUT2D eigenvalue weighted by atomic mass is 16.6. The number of hydrogen-bond acceptors (Lipinski definition) is 5. The van der Waals surface area contributed by atoms with Crippen LogP contribution in [0.5, 0.6) is 0 Å². The molecule has 20 heavy (non-hydrogen) atoms. The molecule has 0 amide bonds. The zero-order valence-electron chi connectivity index (χ0n) is 12.1. The molecule has 0 spiro atoms. The van der Waals surface area contributed by atoms with E-state index in [0.29, 0.717) is 17.8 Å². The van der Waals surface area contributed by atoms with Crippen LogP contribution in [0.4, 0.5) is 11.5 Å². The molecule has 1 aliphatic rings. The SMILES string of the molecule is CC(C)NCC1CCCN(c2ncccc2[N+](=O)[O-])C1. The Morgan fingerprint density at radius 1 is 1.60 bits per heavy atom. The zero-order valence-corrected chi connectivity index (χ0v) is 12.1. The van der Waals surface area contributed by atoms with Gasteiger partial charge in [0.05, 0.1) is 4.92 Å². The smallest absolute Gasteiger partial charge is 0.311 e. The molecule has 110 valence electrons. The Balaban J connectivity index is 2.07. The number of aromatic nitrogens is 1. The average molecular weight is 278 g/mol. The Morgan fingerprint density at radius 3 is 3.10 bits per heavy atom. The van der Waals surface area contributed by atoms with Gasteiger partial charge in [0.25, 0.3) is 0 Å². The highest BCUT2D eigenvalue weighted by molar-refractivity contribution is 5.57. The Bertz CT molecular complexity index is 464. The maximum Gasteiger partial charge on any atom is 0.311 e. The van der Waals surface area contributed by atoms with Crippen molar-refractivity contribution < 1.29 is 4.92 Å². The van der Waals surface area contributed by atoms with Crippen LogP contribution in [0.2, 0.25) is 0 Å². The number of hydrogen-bond donors (Lipinski definition) is 1. The number of nitrogens with zero attached hydrogens (tertiary/aromatic N) is 3. The molecule has 1 aromatic rings. The summed E-state index contributed by atoms with van der Waals surface area (Å²) in [6, 6.07) is 3.61. The molecule has 0 saturated carbocycles. The van der Waals surface area contributed by atoms with Gasteiger partial charge in [0.15, 0.2) is 0 Å². The Morgan fingerprint density at radius 2 is 2.40 bits per heavy atom. The maximum absolute atomic E-state index is 11.1. The highest BCUT2D eigenvalue weighted by Gasteiger charge is 2.26. The summed E-state index contributed by atoms with van der Waals surface area (Å²) in [5, 5.41) is 14.5. The molecule has 1 atom stereocenters. The monoisotopic (exact) mass is 278 g/mol. The van der Waals surface area contributed by atoms with Crippen molar-refractivity contribution in [1.29, 1.82) is 0 Å². The topological polar surface area (TPSA) is 71.3 Å². The molecule has 6 nitrogen and oxygen atoms in total. The molecule has 0 aliphatic carbocycles. The average Bonchev–Trinajstić information content (AvgIpc) is 2.45. The van der Waals surface area contributed by atoms with Crippen LogP contribution in [0.3, 0.4) is 0 Å². The lowest BCUT2D eigenvalue weighted by molar-refractivity contribution is -0.384. The Labute approximate surface area is 119 Å². The van der Waals surface area contributed by atoms with Crippen LogP contribution in [0.1, 0.15) is 26.7 Å². The van der Waals surface area contributed by atoms with Gasteiger partial charge in [0.1, 0.15) is 0 Å². The van der Waals surface area contributed by atoms with Gasteiger partial charge in [-0.25, -0.2) is 4.98 Å². The summed E-state index contributed by atoms with van der Waals surface area (Å²) in [4.78, 5) is 17.0. The largest absolute Gasteiger partial charge is 0.351 e. The third-order valence-electron chi connectivity index (χ3n) is 3.60.